The van der Waals surface area contributed by atoms with Crippen LogP contribution in [-0.2, 0) is 11.2 Å². The topological polar surface area (TPSA) is 26.3 Å². The lowest BCUT2D eigenvalue weighted by Gasteiger charge is -2.18. The van der Waals surface area contributed by atoms with Gasteiger partial charge in [0.15, 0.2) is 0 Å². The average molecular weight is 270 g/mol. The summed E-state index contributed by atoms with van der Waals surface area (Å²) < 4.78 is 5.68. The summed E-state index contributed by atoms with van der Waals surface area (Å²) >= 11 is 0. The van der Waals surface area contributed by atoms with Crippen LogP contribution in [0.5, 0.6) is 5.75 Å². The van der Waals surface area contributed by atoms with Crippen LogP contribution in [-0.4, -0.2) is 5.97 Å². The fraction of sp³-hybridized carbons (Fsp3) is 0.389. The van der Waals surface area contributed by atoms with Gasteiger partial charge in [-0.05, 0) is 56.7 Å². The van der Waals surface area contributed by atoms with Gasteiger partial charge in [0.1, 0.15) is 5.75 Å². The molecule has 0 aliphatic heterocycles. The quantitative estimate of drug-likeness (QED) is 0.586. The van der Waals surface area contributed by atoms with Gasteiger partial charge >= 0.3 is 5.97 Å². The summed E-state index contributed by atoms with van der Waals surface area (Å²) in [7, 11) is 0. The maximum Gasteiger partial charge on any atom is 0.316 e. The molecule has 2 aromatic carbocycles. The van der Waals surface area contributed by atoms with Crippen LogP contribution < -0.4 is 4.74 Å². The Morgan fingerprint density at radius 2 is 1.90 bits per heavy atom. The number of aryl methyl sites for hydroxylation is 2. The van der Waals surface area contributed by atoms with Gasteiger partial charge in [-0.2, -0.15) is 0 Å². The average Bonchev–Trinajstić information content (AvgIpc) is 2.36. The number of hydrogen-bond acceptors (Lipinski definition) is 2. The van der Waals surface area contributed by atoms with Crippen LogP contribution in [0.2, 0.25) is 0 Å². The van der Waals surface area contributed by atoms with Crippen molar-refractivity contribution in [2.24, 2.45) is 5.41 Å². The first-order valence-electron chi connectivity index (χ1n) is 7.07. The summed E-state index contributed by atoms with van der Waals surface area (Å²) in [6, 6.07) is 10.3. The Morgan fingerprint density at radius 1 is 1.20 bits per heavy atom. The number of hydrogen-bond donors (Lipinski definition) is 0. The van der Waals surface area contributed by atoms with Gasteiger partial charge in [0.05, 0.1) is 5.41 Å². The SMILES string of the molecule is CCc1cccc2cc(C)cc(OC(=O)C(C)(C)C)c12. The molecule has 0 aliphatic rings. The molecule has 0 aromatic heterocycles. The molecule has 20 heavy (non-hydrogen) atoms. The molecule has 0 radical (unpaired) electrons. The van der Waals surface area contributed by atoms with E-state index >= 15 is 0 Å². The van der Waals surface area contributed by atoms with E-state index < -0.39 is 5.41 Å². The molecule has 2 heteroatoms. The van der Waals surface area contributed by atoms with Crippen molar-refractivity contribution >= 4 is 16.7 Å². The molecule has 0 saturated carbocycles. The third kappa shape index (κ3) is 2.84. The monoisotopic (exact) mass is 270 g/mol. The standard InChI is InChI=1S/C18H22O2/c1-6-13-8-7-9-14-10-12(2)11-15(16(13)14)20-17(19)18(3,4)5/h7-11H,6H2,1-5H3. The number of esters is 1. The molecular weight excluding hydrogens is 248 g/mol. The normalized spacial score (nSPS) is 11.7. The predicted molar refractivity (Wildman–Crippen MR) is 83.2 cm³/mol. The fourth-order valence-corrected chi connectivity index (χ4v) is 2.23. The van der Waals surface area contributed by atoms with Crippen LogP contribution in [0.1, 0.15) is 38.8 Å². The van der Waals surface area contributed by atoms with Crippen molar-refractivity contribution in [1.29, 1.82) is 0 Å². The van der Waals surface area contributed by atoms with E-state index in [1.807, 2.05) is 33.8 Å². The van der Waals surface area contributed by atoms with E-state index in [0.29, 0.717) is 5.75 Å². The van der Waals surface area contributed by atoms with Gasteiger partial charge in [0.25, 0.3) is 0 Å². The Hall–Kier alpha value is -1.83. The highest BCUT2D eigenvalue weighted by Gasteiger charge is 2.24. The van der Waals surface area contributed by atoms with Crippen molar-refractivity contribution in [3.8, 4) is 5.75 Å². The van der Waals surface area contributed by atoms with Gasteiger partial charge in [-0.3, -0.25) is 4.79 Å². The van der Waals surface area contributed by atoms with Crippen molar-refractivity contribution < 1.29 is 9.53 Å². The van der Waals surface area contributed by atoms with Gasteiger partial charge in [-0.15, -0.1) is 0 Å². The van der Waals surface area contributed by atoms with Gasteiger partial charge in [0, 0.05) is 5.39 Å². The summed E-state index contributed by atoms with van der Waals surface area (Å²) in [6.45, 7) is 9.74. The third-order valence-electron chi connectivity index (χ3n) is 3.37. The van der Waals surface area contributed by atoms with Crippen LogP contribution in [0.15, 0.2) is 30.3 Å². The fourth-order valence-electron chi connectivity index (χ4n) is 2.23. The molecule has 2 rings (SSSR count). The number of benzene rings is 2. The van der Waals surface area contributed by atoms with E-state index in [1.165, 1.54) is 5.56 Å². The van der Waals surface area contributed by atoms with Crippen LogP contribution in [0, 0.1) is 12.3 Å². The second kappa shape index (κ2) is 5.28. The van der Waals surface area contributed by atoms with Gasteiger partial charge < -0.3 is 4.74 Å². The minimum Gasteiger partial charge on any atom is -0.425 e. The summed E-state index contributed by atoms with van der Waals surface area (Å²) in [4.78, 5) is 12.2. The smallest absolute Gasteiger partial charge is 0.316 e. The van der Waals surface area contributed by atoms with E-state index in [4.69, 9.17) is 4.74 Å². The molecule has 0 heterocycles. The Morgan fingerprint density at radius 3 is 2.50 bits per heavy atom. The third-order valence-corrected chi connectivity index (χ3v) is 3.37. The van der Waals surface area contributed by atoms with Gasteiger partial charge in [-0.25, -0.2) is 0 Å². The first-order valence-corrected chi connectivity index (χ1v) is 7.07. The summed E-state index contributed by atoms with van der Waals surface area (Å²) in [6.07, 6.45) is 0.917. The Kier molecular flexibility index (Phi) is 3.85. The van der Waals surface area contributed by atoms with Crippen LogP contribution in [0.4, 0.5) is 0 Å². The van der Waals surface area contributed by atoms with Crippen LogP contribution in [0.3, 0.4) is 0 Å². The molecule has 0 saturated heterocycles. The minimum absolute atomic E-state index is 0.199. The molecule has 0 unspecified atom stereocenters. The van der Waals surface area contributed by atoms with Gasteiger partial charge in [0.2, 0.25) is 0 Å². The van der Waals surface area contributed by atoms with Crippen LogP contribution in [0.25, 0.3) is 10.8 Å². The van der Waals surface area contributed by atoms with Crippen molar-refractivity contribution in [3.63, 3.8) is 0 Å². The van der Waals surface area contributed by atoms with E-state index in [-0.39, 0.29) is 5.97 Å². The van der Waals surface area contributed by atoms with E-state index in [1.54, 1.807) is 0 Å². The van der Waals surface area contributed by atoms with E-state index in [9.17, 15) is 4.79 Å². The molecule has 0 amide bonds. The van der Waals surface area contributed by atoms with Crippen molar-refractivity contribution in [2.75, 3.05) is 0 Å². The maximum absolute atomic E-state index is 12.2. The molecule has 0 N–H and O–H groups in total. The zero-order chi connectivity index (χ0) is 14.9. The Labute approximate surface area is 120 Å². The highest BCUT2D eigenvalue weighted by molar-refractivity contribution is 5.94. The van der Waals surface area contributed by atoms with E-state index in [2.05, 4.69) is 31.2 Å². The molecule has 0 fully saturated rings. The number of rotatable bonds is 2. The molecule has 0 bridgehead atoms. The van der Waals surface area contributed by atoms with E-state index in [0.717, 1.165) is 22.8 Å². The molecule has 0 atom stereocenters. The van der Waals surface area contributed by atoms with Gasteiger partial charge in [-0.1, -0.05) is 31.2 Å². The summed E-state index contributed by atoms with van der Waals surface area (Å²) in [5.41, 5.74) is 1.80. The predicted octanol–water partition coefficient (Wildman–Crippen LogP) is 4.66. The summed E-state index contributed by atoms with van der Waals surface area (Å²) in [5.74, 6) is 0.479. The van der Waals surface area contributed by atoms with Crippen LogP contribution >= 0.6 is 0 Å². The zero-order valence-corrected chi connectivity index (χ0v) is 12.9. The number of fused-ring (bicyclic) bond motifs is 1. The Balaban J connectivity index is 2.60. The highest BCUT2D eigenvalue weighted by Crippen LogP contribution is 2.32. The highest BCUT2D eigenvalue weighted by atomic mass is 16.5. The molecule has 2 aromatic rings. The number of ether oxygens (including phenoxy) is 1. The second-order valence-corrected chi connectivity index (χ2v) is 6.27. The lowest BCUT2D eigenvalue weighted by Crippen LogP contribution is -2.25. The molecule has 106 valence electrons. The molecule has 2 nitrogen and oxygen atoms in total. The zero-order valence-electron chi connectivity index (χ0n) is 12.9. The largest absolute Gasteiger partial charge is 0.425 e. The Bertz CT molecular complexity index is 648. The molecule has 0 spiro atoms. The lowest BCUT2D eigenvalue weighted by atomic mass is 9.96. The first kappa shape index (κ1) is 14.6. The lowest BCUT2D eigenvalue weighted by molar-refractivity contribution is -0.142. The first-order chi connectivity index (χ1) is 9.32. The molecular formula is C18H22O2. The van der Waals surface area contributed by atoms with Crippen molar-refractivity contribution in [3.05, 3.63) is 41.5 Å². The summed E-state index contributed by atoms with van der Waals surface area (Å²) in [5, 5.41) is 2.18. The minimum atomic E-state index is -0.503. The molecule has 0 aliphatic carbocycles. The van der Waals surface area contributed by atoms with Crippen molar-refractivity contribution in [1.82, 2.24) is 0 Å². The second-order valence-electron chi connectivity index (χ2n) is 6.27. The van der Waals surface area contributed by atoms with Crippen molar-refractivity contribution in [2.45, 2.75) is 41.0 Å². The maximum atomic E-state index is 12.2. The number of carbonyl (C=O) groups is 1. The number of carbonyl (C=O) groups excluding carboxylic acids is 1.